The van der Waals surface area contributed by atoms with Gasteiger partial charge in [0.25, 0.3) is 0 Å². The van der Waals surface area contributed by atoms with Crippen LogP contribution in [-0.4, -0.2) is 11.9 Å². The fourth-order valence-electron chi connectivity index (χ4n) is 3.40. The quantitative estimate of drug-likeness (QED) is 0.226. The summed E-state index contributed by atoms with van der Waals surface area (Å²) in [6.45, 7) is 1.93. The van der Waals surface area contributed by atoms with Crippen molar-refractivity contribution in [1.82, 2.24) is 0 Å². The molecule has 0 saturated heterocycles. The second kappa shape index (κ2) is 11.6. The van der Waals surface area contributed by atoms with E-state index in [0.717, 1.165) is 16.0 Å². The fraction of sp³-hybridized carbons (Fsp3) is 0.0714. The molecule has 0 aliphatic rings. The molecule has 35 heavy (non-hydrogen) atoms. The van der Waals surface area contributed by atoms with Crippen LogP contribution in [0.15, 0.2) is 108 Å². The van der Waals surface area contributed by atoms with Gasteiger partial charge in [-0.05, 0) is 66.6 Å². The maximum atomic E-state index is 13.3. The molecule has 4 aromatic carbocycles. The van der Waals surface area contributed by atoms with E-state index >= 15 is 0 Å². The maximum absolute atomic E-state index is 13.3. The zero-order valence-electron chi connectivity index (χ0n) is 19.0. The molecular formula is C28H24ClN3O2S. The third kappa shape index (κ3) is 6.88. The lowest BCUT2D eigenvalue weighted by Gasteiger charge is -2.18. The van der Waals surface area contributed by atoms with Crippen LogP contribution >= 0.6 is 23.4 Å². The van der Waals surface area contributed by atoms with Crippen molar-refractivity contribution in [2.24, 2.45) is 0 Å². The molecule has 3 N–H and O–H groups in total. The number of hydrogen-bond donors (Lipinski definition) is 3. The molecule has 7 heteroatoms. The lowest BCUT2D eigenvalue weighted by molar-refractivity contribution is -0.115. The molecule has 0 aromatic heterocycles. The Kier molecular flexibility index (Phi) is 8.08. The van der Waals surface area contributed by atoms with Crippen LogP contribution in [-0.2, 0) is 4.79 Å². The predicted molar refractivity (Wildman–Crippen MR) is 145 cm³/mol. The van der Waals surface area contributed by atoms with Gasteiger partial charge in [0.1, 0.15) is 5.25 Å². The SMILES string of the molecule is Cc1ccc(Cl)cc1NC(=O)C(Sc1ccc(NC(=O)Nc2ccccc2)cc1)c1ccccc1. The van der Waals surface area contributed by atoms with Gasteiger partial charge < -0.3 is 16.0 Å². The lowest BCUT2D eigenvalue weighted by atomic mass is 10.1. The van der Waals surface area contributed by atoms with Gasteiger partial charge in [-0.1, -0.05) is 66.2 Å². The van der Waals surface area contributed by atoms with Crippen molar-refractivity contribution in [3.63, 3.8) is 0 Å². The van der Waals surface area contributed by atoms with E-state index in [1.165, 1.54) is 11.8 Å². The summed E-state index contributed by atoms with van der Waals surface area (Å²) in [5.41, 5.74) is 3.87. The van der Waals surface area contributed by atoms with Gasteiger partial charge in [-0.2, -0.15) is 0 Å². The second-order valence-corrected chi connectivity index (χ2v) is 9.44. The summed E-state index contributed by atoms with van der Waals surface area (Å²) in [7, 11) is 0. The van der Waals surface area contributed by atoms with Crippen molar-refractivity contribution < 1.29 is 9.59 Å². The molecule has 0 spiro atoms. The number of aryl methyl sites for hydroxylation is 1. The Morgan fingerprint density at radius 1 is 0.743 bits per heavy atom. The van der Waals surface area contributed by atoms with Crippen molar-refractivity contribution >= 4 is 52.4 Å². The van der Waals surface area contributed by atoms with Gasteiger partial charge in [0, 0.05) is 27.0 Å². The summed E-state index contributed by atoms with van der Waals surface area (Å²) >= 11 is 7.57. The van der Waals surface area contributed by atoms with Gasteiger partial charge in [0.15, 0.2) is 0 Å². The minimum atomic E-state index is -0.477. The third-order valence-corrected chi connectivity index (χ3v) is 6.70. The third-order valence-electron chi connectivity index (χ3n) is 5.20. The molecule has 0 bridgehead atoms. The summed E-state index contributed by atoms with van der Waals surface area (Å²) < 4.78 is 0. The van der Waals surface area contributed by atoms with E-state index in [2.05, 4.69) is 16.0 Å². The highest BCUT2D eigenvalue weighted by Crippen LogP contribution is 2.37. The van der Waals surface area contributed by atoms with Crippen LogP contribution in [0.3, 0.4) is 0 Å². The number of para-hydroxylation sites is 1. The minimum absolute atomic E-state index is 0.143. The van der Waals surface area contributed by atoms with Crippen LogP contribution in [0.1, 0.15) is 16.4 Å². The van der Waals surface area contributed by atoms with Gasteiger partial charge in [-0.25, -0.2) is 4.79 Å². The number of hydrogen-bond acceptors (Lipinski definition) is 3. The molecule has 0 aliphatic heterocycles. The van der Waals surface area contributed by atoms with E-state index in [1.807, 2.05) is 97.9 Å². The molecule has 4 rings (SSSR count). The lowest BCUT2D eigenvalue weighted by Crippen LogP contribution is -2.20. The maximum Gasteiger partial charge on any atom is 0.323 e. The Balaban J connectivity index is 1.46. The van der Waals surface area contributed by atoms with Crippen LogP contribution in [0, 0.1) is 6.92 Å². The molecule has 5 nitrogen and oxygen atoms in total. The first-order chi connectivity index (χ1) is 17.0. The summed E-state index contributed by atoms with van der Waals surface area (Å²) in [6, 6.07) is 31.4. The van der Waals surface area contributed by atoms with Crippen LogP contribution in [0.2, 0.25) is 5.02 Å². The zero-order valence-corrected chi connectivity index (χ0v) is 20.6. The number of urea groups is 1. The van der Waals surface area contributed by atoms with Crippen molar-refractivity contribution in [3.8, 4) is 0 Å². The van der Waals surface area contributed by atoms with Crippen LogP contribution in [0.4, 0.5) is 21.9 Å². The highest BCUT2D eigenvalue weighted by atomic mass is 35.5. The molecular weight excluding hydrogens is 478 g/mol. The molecule has 0 aliphatic carbocycles. The number of thioether (sulfide) groups is 1. The van der Waals surface area contributed by atoms with E-state index < -0.39 is 5.25 Å². The average Bonchev–Trinajstić information content (AvgIpc) is 2.87. The van der Waals surface area contributed by atoms with Crippen LogP contribution in [0.25, 0.3) is 0 Å². The normalized spacial score (nSPS) is 11.4. The Labute approximate surface area is 213 Å². The fourth-order valence-corrected chi connectivity index (χ4v) is 4.59. The number of carbonyl (C=O) groups is 2. The number of amides is 3. The van der Waals surface area contributed by atoms with Gasteiger partial charge in [0.2, 0.25) is 5.91 Å². The number of nitrogens with one attached hydrogen (secondary N) is 3. The predicted octanol–water partition coefficient (Wildman–Crippen LogP) is 7.76. The Hall–Kier alpha value is -3.74. The molecule has 4 aromatic rings. The second-order valence-electron chi connectivity index (χ2n) is 7.83. The molecule has 0 radical (unpaired) electrons. The van der Waals surface area contributed by atoms with E-state index in [-0.39, 0.29) is 11.9 Å². The summed E-state index contributed by atoms with van der Waals surface area (Å²) in [5, 5.41) is 8.71. The molecule has 1 unspecified atom stereocenters. The van der Waals surface area contributed by atoms with Crippen LogP contribution in [0.5, 0.6) is 0 Å². The van der Waals surface area contributed by atoms with Gasteiger partial charge in [-0.3, -0.25) is 4.79 Å². The highest BCUT2D eigenvalue weighted by molar-refractivity contribution is 8.00. The molecule has 176 valence electrons. The first kappa shape index (κ1) is 24.4. The largest absolute Gasteiger partial charge is 0.325 e. The van der Waals surface area contributed by atoms with Gasteiger partial charge >= 0.3 is 6.03 Å². The number of rotatable bonds is 7. The number of halogens is 1. The number of anilines is 3. The summed E-state index contributed by atoms with van der Waals surface area (Å²) in [4.78, 5) is 26.5. The Morgan fingerprint density at radius 2 is 1.34 bits per heavy atom. The van der Waals surface area contributed by atoms with E-state index in [4.69, 9.17) is 11.6 Å². The van der Waals surface area contributed by atoms with E-state index in [9.17, 15) is 9.59 Å². The minimum Gasteiger partial charge on any atom is -0.325 e. The molecule has 0 saturated carbocycles. The summed E-state index contributed by atoms with van der Waals surface area (Å²) in [6.07, 6.45) is 0. The smallest absolute Gasteiger partial charge is 0.323 e. The van der Waals surface area contributed by atoms with Crippen LogP contribution < -0.4 is 16.0 Å². The van der Waals surface area contributed by atoms with Crippen molar-refractivity contribution in [3.05, 3.63) is 119 Å². The average molecular weight is 502 g/mol. The monoisotopic (exact) mass is 501 g/mol. The molecule has 3 amide bonds. The number of carbonyl (C=O) groups excluding carboxylic acids is 2. The van der Waals surface area contributed by atoms with Crippen molar-refractivity contribution in [2.75, 3.05) is 16.0 Å². The Bertz CT molecular complexity index is 1300. The molecule has 1 atom stereocenters. The summed E-state index contributed by atoms with van der Waals surface area (Å²) in [5.74, 6) is -0.143. The van der Waals surface area contributed by atoms with Crippen molar-refractivity contribution in [2.45, 2.75) is 17.1 Å². The van der Waals surface area contributed by atoms with Gasteiger partial charge in [0.05, 0.1) is 0 Å². The Morgan fingerprint density at radius 3 is 2.00 bits per heavy atom. The first-order valence-corrected chi connectivity index (χ1v) is 12.3. The topological polar surface area (TPSA) is 70.2 Å². The van der Waals surface area contributed by atoms with E-state index in [1.54, 1.807) is 12.1 Å². The molecule has 0 heterocycles. The standard InChI is InChI=1S/C28H24ClN3O2S/c1-19-12-13-21(29)18-25(19)32-27(33)26(20-8-4-2-5-9-20)35-24-16-14-23(15-17-24)31-28(34)30-22-10-6-3-7-11-22/h2-18,26H,1H3,(H,32,33)(H2,30,31,34). The van der Waals surface area contributed by atoms with E-state index in [0.29, 0.717) is 22.1 Å². The van der Waals surface area contributed by atoms with Crippen molar-refractivity contribution in [1.29, 1.82) is 0 Å². The zero-order chi connectivity index (χ0) is 24.6. The highest BCUT2D eigenvalue weighted by Gasteiger charge is 2.23. The van der Waals surface area contributed by atoms with Gasteiger partial charge in [-0.15, -0.1) is 11.8 Å². The number of benzene rings is 4. The molecule has 0 fully saturated rings. The first-order valence-electron chi connectivity index (χ1n) is 11.0.